The molecule has 0 saturated carbocycles. The zero-order chi connectivity index (χ0) is 13.8. The van der Waals surface area contributed by atoms with Gasteiger partial charge in [0.05, 0.1) is 5.54 Å². The van der Waals surface area contributed by atoms with E-state index in [-0.39, 0.29) is 23.4 Å². The lowest BCUT2D eigenvalue weighted by atomic mass is 9.82. The largest absolute Gasteiger partial charge is 0.350 e. The molecule has 3 aliphatic rings. The molecule has 1 N–H and O–H groups in total. The molecule has 4 heteroatoms. The Morgan fingerprint density at radius 3 is 2.89 bits per heavy atom. The summed E-state index contributed by atoms with van der Waals surface area (Å²) in [4.78, 5) is 26.4. The SMILES string of the molecule is CC(C)NC(=O)C1=C2C=CC3C=CC2(C3)N(C)C1=O. The highest BCUT2D eigenvalue weighted by Crippen LogP contribution is 2.48. The predicted molar refractivity (Wildman–Crippen MR) is 72.2 cm³/mol. The lowest BCUT2D eigenvalue weighted by Gasteiger charge is -2.35. The van der Waals surface area contributed by atoms with Gasteiger partial charge in [0.25, 0.3) is 11.8 Å². The Morgan fingerprint density at radius 1 is 1.47 bits per heavy atom. The molecule has 100 valence electrons. The number of nitrogens with zero attached hydrogens (tertiary/aromatic N) is 1. The fourth-order valence-electron chi connectivity index (χ4n) is 3.22. The highest BCUT2D eigenvalue weighted by atomic mass is 16.2. The summed E-state index contributed by atoms with van der Waals surface area (Å²) in [6.45, 7) is 3.79. The fourth-order valence-corrected chi connectivity index (χ4v) is 3.22. The lowest BCUT2D eigenvalue weighted by molar-refractivity contribution is -0.129. The molecule has 3 rings (SSSR count). The summed E-state index contributed by atoms with van der Waals surface area (Å²) in [5.41, 5.74) is 0.765. The maximum atomic E-state index is 12.4. The van der Waals surface area contributed by atoms with Crippen LogP contribution in [0.4, 0.5) is 0 Å². The van der Waals surface area contributed by atoms with Crippen molar-refractivity contribution in [2.75, 3.05) is 7.05 Å². The first-order valence-corrected chi connectivity index (χ1v) is 6.67. The van der Waals surface area contributed by atoms with Crippen LogP contribution >= 0.6 is 0 Å². The van der Waals surface area contributed by atoms with Crippen LogP contribution in [0.3, 0.4) is 0 Å². The smallest absolute Gasteiger partial charge is 0.260 e. The minimum atomic E-state index is -0.389. The van der Waals surface area contributed by atoms with Crippen LogP contribution in [0.15, 0.2) is 35.5 Å². The molecule has 0 radical (unpaired) electrons. The van der Waals surface area contributed by atoms with Gasteiger partial charge >= 0.3 is 0 Å². The van der Waals surface area contributed by atoms with Crippen molar-refractivity contribution in [2.24, 2.45) is 5.92 Å². The third-order valence-electron chi connectivity index (χ3n) is 4.18. The number of amides is 2. The number of likely N-dealkylation sites (N-methyl/N-ethyl adjacent to an activating group) is 1. The molecule has 1 aliphatic heterocycles. The van der Waals surface area contributed by atoms with E-state index < -0.39 is 0 Å². The van der Waals surface area contributed by atoms with Gasteiger partial charge in [-0.15, -0.1) is 0 Å². The Balaban J connectivity index is 2.09. The summed E-state index contributed by atoms with van der Waals surface area (Å²) in [7, 11) is 1.78. The Morgan fingerprint density at radius 2 is 2.21 bits per heavy atom. The van der Waals surface area contributed by atoms with Crippen molar-refractivity contribution in [1.29, 1.82) is 0 Å². The van der Waals surface area contributed by atoms with Gasteiger partial charge < -0.3 is 10.2 Å². The Kier molecular flexibility index (Phi) is 2.46. The molecule has 4 nitrogen and oxygen atoms in total. The maximum absolute atomic E-state index is 12.4. The van der Waals surface area contributed by atoms with Gasteiger partial charge in [-0.3, -0.25) is 9.59 Å². The number of allylic oxidation sites excluding steroid dienone is 2. The van der Waals surface area contributed by atoms with Crippen LogP contribution in [0.25, 0.3) is 0 Å². The summed E-state index contributed by atoms with van der Waals surface area (Å²) in [6.07, 6.45) is 9.08. The standard InChI is InChI=1S/C15H18N2O2/c1-9(2)16-13(18)12-11-5-4-10-6-7-15(11,8-10)17(3)14(12)19/h4-7,9-10H,8H2,1-3H3,(H,16,18). The third-order valence-corrected chi connectivity index (χ3v) is 4.18. The van der Waals surface area contributed by atoms with Crippen LogP contribution in [0.2, 0.25) is 0 Å². The van der Waals surface area contributed by atoms with Crippen molar-refractivity contribution in [3.63, 3.8) is 0 Å². The van der Waals surface area contributed by atoms with Crippen LogP contribution < -0.4 is 5.32 Å². The minimum absolute atomic E-state index is 0.0229. The predicted octanol–water partition coefficient (Wildman–Crippen LogP) is 1.16. The first kappa shape index (κ1) is 12.2. The van der Waals surface area contributed by atoms with Gasteiger partial charge in [-0.05, 0) is 31.8 Å². The maximum Gasteiger partial charge on any atom is 0.260 e. The first-order valence-electron chi connectivity index (χ1n) is 6.67. The number of fused-ring (bicyclic) bond motifs is 1. The summed E-state index contributed by atoms with van der Waals surface area (Å²) >= 11 is 0. The Hall–Kier alpha value is -1.84. The highest BCUT2D eigenvalue weighted by Gasteiger charge is 2.53. The van der Waals surface area contributed by atoms with E-state index >= 15 is 0 Å². The van der Waals surface area contributed by atoms with Gasteiger partial charge in [0.1, 0.15) is 5.57 Å². The molecule has 2 unspecified atom stereocenters. The zero-order valence-corrected chi connectivity index (χ0v) is 11.4. The van der Waals surface area contributed by atoms with E-state index in [9.17, 15) is 9.59 Å². The number of carbonyl (C=O) groups excluding carboxylic acids is 2. The van der Waals surface area contributed by atoms with Gasteiger partial charge in [-0.25, -0.2) is 0 Å². The van der Waals surface area contributed by atoms with Crippen molar-refractivity contribution in [3.8, 4) is 0 Å². The zero-order valence-electron chi connectivity index (χ0n) is 11.4. The Labute approximate surface area is 112 Å². The first-order chi connectivity index (χ1) is 8.95. The van der Waals surface area contributed by atoms with Crippen molar-refractivity contribution >= 4 is 11.8 Å². The quantitative estimate of drug-likeness (QED) is 0.597. The second-order valence-corrected chi connectivity index (χ2v) is 5.79. The van der Waals surface area contributed by atoms with E-state index in [2.05, 4.69) is 23.5 Å². The van der Waals surface area contributed by atoms with E-state index in [1.165, 1.54) is 0 Å². The topological polar surface area (TPSA) is 49.4 Å². The van der Waals surface area contributed by atoms with Gasteiger partial charge in [-0.1, -0.05) is 24.3 Å². The molecule has 2 amide bonds. The lowest BCUT2D eigenvalue weighted by Crippen LogP contribution is -2.44. The summed E-state index contributed by atoms with van der Waals surface area (Å²) in [6, 6.07) is 0.0229. The monoisotopic (exact) mass is 258 g/mol. The van der Waals surface area contributed by atoms with E-state index in [1.807, 2.05) is 19.9 Å². The molecule has 0 aromatic rings. The number of hydrogen-bond acceptors (Lipinski definition) is 2. The van der Waals surface area contributed by atoms with E-state index in [4.69, 9.17) is 0 Å². The van der Waals surface area contributed by atoms with Crippen LogP contribution in [-0.4, -0.2) is 35.3 Å². The van der Waals surface area contributed by atoms with Gasteiger partial charge in [0, 0.05) is 13.1 Å². The molecule has 0 fully saturated rings. The molecule has 0 saturated heterocycles. The summed E-state index contributed by atoms with van der Waals surface area (Å²) in [5, 5.41) is 2.82. The summed E-state index contributed by atoms with van der Waals surface area (Å²) < 4.78 is 0. The molecule has 19 heavy (non-hydrogen) atoms. The van der Waals surface area contributed by atoms with E-state index in [1.54, 1.807) is 11.9 Å². The van der Waals surface area contributed by atoms with Gasteiger partial charge in [0.15, 0.2) is 0 Å². The molecule has 0 aromatic heterocycles. The average molecular weight is 258 g/mol. The highest BCUT2D eigenvalue weighted by molar-refractivity contribution is 6.22. The number of hydrogen-bond donors (Lipinski definition) is 1. The van der Waals surface area contributed by atoms with Crippen molar-refractivity contribution in [1.82, 2.24) is 10.2 Å². The minimum Gasteiger partial charge on any atom is -0.350 e. The second kappa shape index (κ2) is 3.83. The normalized spacial score (nSPS) is 31.5. The molecule has 1 heterocycles. The van der Waals surface area contributed by atoms with Gasteiger partial charge in [0.2, 0.25) is 0 Å². The molecular formula is C15H18N2O2. The van der Waals surface area contributed by atoms with E-state index in [0.717, 1.165) is 12.0 Å². The molecule has 2 bridgehead atoms. The van der Waals surface area contributed by atoms with Crippen LogP contribution in [-0.2, 0) is 9.59 Å². The number of carbonyl (C=O) groups is 2. The van der Waals surface area contributed by atoms with Gasteiger partial charge in [-0.2, -0.15) is 0 Å². The van der Waals surface area contributed by atoms with Crippen LogP contribution in [0.1, 0.15) is 20.3 Å². The second-order valence-electron chi connectivity index (χ2n) is 5.79. The molecule has 0 aromatic carbocycles. The van der Waals surface area contributed by atoms with Crippen molar-refractivity contribution in [2.45, 2.75) is 31.8 Å². The van der Waals surface area contributed by atoms with Crippen LogP contribution in [0.5, 0.6) is 0 Å². The fraction of sp³-hybridized carbons (Fsp3) is 0.467. The summed E-state index contributed by atoms with van der Waals surface area (Å²) in [5.74, 6) is -0.0568. The molecule has 2 atom stereocenters. The third kappa shape index (κ3) is 1.52. The van der Waals surface area contributed by atoms with E-state index in [0.29, 0.717) is 11.5 Å². The van der Waals surface area contributed by atoms with Crippen molar-refractivity contribution < 1.29 is 9.59 Å². The molecular weight excluding hydrogens is 240 g/mol. The Bertz CT molecular complexity index is 556. The van der Waals surface area contributed by atoms with Crippen LogP contribution in [0, 0.1) is 5.92 Å². The molecule has 2 aliphatic carbocycles. The van der Waals surface area contributed by atoms with Crippen molar-refractivity contribution in [3.05, 3.63) is 35.5 Å². The number of nitrogens with one attached hydrogen (secondary N) is 1. The average Bonchev–Trinajstić information content (AvgIpc) is 2.79. The molecule has 1 spiro atoms. The number of rotatable bonds is 2.